The van der Waals surface area contributed by atoms with Gasteiger partial charge in [0.05, 0.1) is 10.6 Å². The summed E-state index contributed by atoms with van der Waals surface area (Å²) in [6, 6.07) is 7.80. The van der Waals surface area contributed by atoms with Crippen molar-refractivity contribution in [3.8, 4) is 0 Å². The molecule has 16 heavy (non-hydrogen) atoms. The van der Waals surface area contributed by atoms with Crippen molar-refractivity contribution < 1.29 is 0 Å². The Hall–Kier alpha value is -0.730. The zero-order valence-electron chi connectivity index (χ0n) is 9.40. The number of benzene rings is 1. The van der Waals surface area contributed by atoms with Gasteiger partial charge < -0.3 is 0 Å². The Balaban J connectivity index is 2.08. The van der Waals surface area contributed by atoms with E-state index in [1.54, 1.807) is 0 Å². The van der Waals surface area contributed by atoms with Gasteiger partial charge in [0.1, 0.15) is 0 Å². The van der Waals surface area contributed by atoms with Gasteiger partial charge in [-0.1, -0.05) is 29.8 Å². The summed E-state index contributed by atoms with van der Waals surface area (Å²) in [5.74, 6) is 1.06. The van der Waals surface area contributed by atoms with Crippen molar-refractivity contribution in [1.82, 2.24) is 0 Å². The molecule has 1 aliphatic heterocycles. The van der Waals surface area contributed by atoms with Gasteiger partial charge in [-0.2, -0.15) is 0 Å². The van der Waals surface area contributed by atoms with E-state index in [2.05, 4.69) is 31.0 Å². The highest BCUT2D eigenvalue weighted by Crippen LogP contribution is 2.27. The molecule has 0 aliphatic carbocycles. The number of nitrogens with zero attached hydrogens (tertiary/aromatic N) is 1. The van der Waals surface area contributed by atoms with Crippen LogP contribution in [0, 0.1) is 0 Å². The summed E-state index contributed by atoms with van der Waals surface area (Å²) in [6.07, 6.45) is 4.15. The second-order valence-corrected chi connectivity index (χ2v) is 5.87. The van der Waals surface area contributed by atoms with Crippen molar-refractivity contribution in [3.05, 3.63) is 40.9 Å². The first-order chi connectivity index (χ1) is 7.55. The van der Waals surface area contributed by atoms with E-state index < -0.39 is 0 Å². The van der Waals surface area contributed by atoms with Crippen LogP contribution in [0.3, 0.4) is 0 Å². The molecule has 0 N–H and O–H groups in total. The largest absolute Gasteiger partial charge is 0.272 e. The number of thioether (sulfide) groups is 1. The Morgan fingerprint density at radius 2 is 1.94 bits per heavy atom. The minimum atomic E-state index is 0.0876. The summed E-state index contributed by atoms with van der Waals surface area (Å²) in [6.45, 7) is 4.31. The first kappa shape index (κ1) is 11.7. The lowest BCUT2D eigenvalue weighted by atomic mass is 10.1. The fourth-order valence-electron chi connectivity index (χ4n) is 1.44. The molecule has 84 valence electrons. The van der Waals surface area contributed by atoms with Gasteiger partial charge in [-0.3, -0.25) is 4.99 Å². The van der Waals surface area contributed by atoms with E-state index in [0.29, 0.717) is 0 Å². The third kappa shape index (κ3) is 3.13. The van der Waals surface area contributed by atoms with E-state index in [4.69, 9.17) is 11.6 Å². The van der Waals surface area contributed by atoms with Gasteiger partial charge in [0.15, 0.2) is 0 Å². The third-order valence-corrected chi connectivity index (χ3v) is 3.90. The molecule has 1 aromatic rings. The molecular formula is C13H14ClNS. The second kappa shape index (κ2) is 4.64. The van der Waals surface area contributed by atoms with Gasteiger partial charge in [-0.25, -0.2) is 0 Å². The van der Waals surface area contributed by atoms with Crippen molar-refractivity contribution >= 4 is 34.5 Å². The van der Waals surface area contributed by atoms with E-state index in [-0.39, 0.29) is 5.54 Å². The number of aliphatic imine (C=N–C) groups is 1. The number of hydrogen-bond donors (Lipinski definition) is 0. The molecule has 0 unspecified atom stereocenters. The maximum absolute atomic E-state index is 5.82. The fourth-order valence-corrected chi connectivity index (χ4v) is 2.61. The molecule has 1 heterocycles. The lowest BCUT2D eigenvalue weighted by molar-refractivity contribution is 0.605. The first-order valence-electron chi connectivity index (χ1n) is 5.21. The highest BCUT2D eigenvalue weighted by molar-refractivity contribution is 8.14. The molecule has 2 rings (SSSR count). The molecule has 0 saturated carbocycles. The minimum Gasteiger partial charge on any atom is -0.272 e. The van der Waals surface area contributed by atoms with E-state index >= 15 is 0 Å². The van der Waals surface area contributed by atoms with Crippen molar-refractivity contribution in [3.63, 3.8) is 0 Å². The molecule has 0 atom stereocenters. The molecule has 0 fully saturated rings. The Bertz CT molecular complexity index is 432. The van der Waals surface area contributed by atoms with Crippen molar-refractivity contribution in [2.45, 2.75) is 19.4 Å². The van der Waals surface area contributed by atoms with Crippen LogP contribution in [0.25, 0.3) is 6.08 Å². The molecule has 0 amide bonds. The maximum Gasteiger partial charge on any atom is 0.0912 e. The zero-order chi connectivity index (χ0) is 11.6. The maximum atomic E-state index is 5.82. The average Bonchev–Trinajstić information content (AvgIpc) is 2.58. The predicted octanol–water partition coefficient (Wildman–Crippen LogP) is 4.28. The smallest absolute Gasteiger partial charge is 0.0912 e. The third-order valence-electron chi connectivity index (χ3n) is 2.27. The minimum absolute atomic E-state index is 0.0876. The van der Waals surface area contributed by atoms with Crippen LogP contribution in [-0.2, 0) is 0 Å². The highest BCUT2D eigenvalue weighted by Gasteiger charge is 2.23. The van der Waals surface area contributed by atoms with Crippen LogP contribution in [0.1, 0.15) is 19.4 Å². The predicted molar refractivity (Wildman–Crippen MR) is 74.5 cm³/mol. The second-order valence-electron chi connectivity index (χ2n) is 4.44. The summed E-state index contributed by atoms with van der Waals surface area (Å²) in [7, 11) is 0. The van der Waals surface area contributed by atoms with E-state index in [9.17, 15) is 0 Å². The highest BCUT2D eigenvalue weighted by atomic mass is 35.5. The van der Waals surface area contributed by atoms with Crippen LogP contribution in [0.2, 0.25) is 5.02 Å². The summed E-state index contributed by atoms with van der Waals surface area (Å²) < 4.78 is 0. The molecule has 3 heteroatoms. The van der Waals surface area contributed by atoms with Crippen molar-refractivity contribution in [2.75, 3.05) is 5.75 Å². The summed E-state index contributed by atoms with van der Waals surface area (Å²) in [5.41, 5.74) is 1.24. The summed E-state index contributed by atoms with van der Waals surface area (Å²) >= 11 is 7.63. The number of halogens is 1. The Labute approximate surface area is 106 Å². The van der Waals surface area contributed by atoms with Gasteiger partial charge in [0.2, 0.25) is 0 Å². The van der Waals surface area contributed by atoms with Gasteiger partial charge in [-0.05, 0) is 37.6 Å². The van der Waals surface area contributed by atoms with Crippen LogP contribution >= 0.6 is 23.4 Å². The van der Waals surface area contributed by atoms with Gasteiger partial charge in [0, 0.05) is 10.8 Å². The number of rotatable bonds is 2. The van der Waals surface area contributed by atoms with Crippen molar-refractivity contribution in [1.29, 1.82) is 0 Å². The van der Waals surface area contributed by atoms with Crippen molar-refractivity contribution in [2.24, 2.45) is 4.99 Å². The normalized spacial score (nSPS) is 19.1. The van der Waals surface area contributed by atoms with E-state index in [1.165, 1.54) is 0 Å². The zero-order valence-corrected chi connectivity index (χ0v) is 11.0. The standard InChI is InChI=1S/C13H14ClNS/c1-13(2)9-16-12(15-13)8-5-10-3-6-11(14)7-4-10/h3-8H,9H2,1-2H3/b8-5+. The van der Waals surface area contributed by atoms with Crippen LogP contribution < -0.4 is 0 Å². The molecule has 0 radical (unpaired) electrons. The van der Waals surface area contributed by atoms with Crippen LogP contribution in [-0.4, -0.2) is 16.3 Å². The van der Waals surface area contributed by atoms with Crippen LogP contribution in [0.5, 0.6) is 0 Å². The quantitative estimate of drug-likeness (QED) is 0.764. The molecule has 0 saturated heterocycles. The fraction of sp³-hybridized carbons (Fsp3) is 0.308. The molecule has 0 bridgehead atoms. The van der Waals surface area contributed by atoms with Gasteiger partial charge in [-0.15, -0.1) is 11.8 Å². The molecular weight excluding hydrogens is 238 g/mol. The summed E-state index contributed by atoms with van der Waals surface area (Å²) in [4.78, 5) is 4.62. The first-order valence-corrected chi connectivity index (χ1v) is 6.58. The molecule has 1 aromatic carbocycles. The van der Waals surface area contributed by atoms with E-state index in [1.807, 2.05) is 36.0 Å². The van der Waals surface area contributed by atoms with E-state index in [0.717, 1.165) is 21.4 Å². The SMILES string of the molecule is CC1(C)CSC(/C=C/c2ccc(Cl)cc2)=N1. The Kier molecular flexibility index (Phi) is 3.41. The molecule has 1 aliphatic rings. The van der Waals surface area contributed by atoms with Gasteiger partial charge >= 0.3 is 0 Å². The number of hydrogen-bond acceptors (Lipinski definition) is 2. The lowest BCUT2D eigenvalue weighted by Crippen LogP contribution is -2.15. The topological polar surface area (TPSA) is 12.4 Å². The Morgan fingerprint density at radius 3 is 2.50 bits per heavy atom. The van der Waals surface area contributed by atoms with Crippen LogP contribution in [0.15, 0.2) is 35.3 Å². The lowest BCUT2D eigenvalue weighted by Gasteiger charge is -2.09. The van der Waals surface area contributed by atoms with Crippen LogP contribution in [0.4, 0.5) is 0 Å². The molecule has 0 spiro atoms. The monoisotopic (exact) mass is 251 g/mol. The molecule has 1 nitrogen and oxygen atoms in total. The summed E-state index contributed by atoms with van der Waals surface area (Å²) in [5, 5.41) is 1.88. The van der Waals surface area contributed by atoms with Gasteiger partial charge in [0.25, 0.3) is 0 Å². The average molecular weight is 252 g/mol. The molecule has 0 aromatic heterocycles. The Morgan fingerprint density at radius 1 is 1.25 bits per heavy atom.